The molecule has 0 saturated heterocycles. The van der Waals surface area contributed by atoms with Crippen molar-refractivity contribution >= 4 is 0 Å². The molecule has 0 heterocycles. The molecule has 0 unspecified atom stereocenters. The lowest BCUT2D eigenvalue weighted by Crippen LogP contribution is -2.34. The van der Waals surface area contributed by atoms with E-state index in [-0.39, 0.29) is 11.2 Å². The Labute approximate surface area is 110 Å². The van der Waals surface area contributed by atoms with Crippen molar-refractivity contribution in [2.45, 2.75) is 32.6 Å². The molecule has 18 heavy (non-hydrogen) atoms. The van der Waals surface area contributed by atoms with Crippen LogP contribution in [0.25, 0.3) is 0 Å². The maximum atomic E-state index is 13.3. The van der Waals surface area contributed by atoms with Crippen LogP contribution in [0, 0.1) is 12.7 Å². The van der Waals surface area contributed by atoms with Crippen molar-refractivity contribution in [1.29, 1.82) is 0 Å². The Morgan fingerprint density at radius 1 is 1.22 bits per heavy atom. The van der Waals surface area contributed by atoms with Gasteiger partial charge in [-0.2, -0.15) is 0 Å². The second-order valence-electron chi connectivity index (χ2n) is 5.48. The second kappa shape index (κ2) is 6.86. The molecule has 0 aromatic heterocycles. The van der Waals surface area contributed by atoms with Gasteiger partial charge in [-0.05, 0) is 50.7 Å². The van der Waals surface area contributed by atoms with Gasteiger partial charge in [0.1, 0.15) is 5.82 Å². The highest BCUT2D eigenvalue weighted by Gasteiger charge is 2.20. The van der Waals surface area contributed by atoms with E-state index in [1.807, 2.05) is 26.1 Å². The van der Waals surface area contributed by atoms with Gasteiger partial charge in [0.2, 0.25) is 0 Å². The number of benzene rings is 1. The number of nitrogens with one attached hydrogen (secondary N) is 2. The Bertz CT molecular complexity index is 375. The van der Waals surface area contributed by atoms with E-state index in [1.54, 1.807) is 6.07 Å². The van der Waals surface area contributed by atoms with Gasteiger partial charge in [0, 0.05) is 12.0 Å². The summed E-state index contributed by atoms with van der Waals surface area (Å²) >= 11 is 0. The van der Waals surface area contributed by atoms with Gasteiger partial charge in [0.15, 0.2) is 0 Å². The number of hydrogen-bond acceptors (Lipinski definition) is 2. The molecule has 0 fully saturated rings. The minimum absolute atomic E-state index is 0.0259. The first-order chi connectivity index (χ1) is 8.47. The quantitative estimate of drug-likeness (QED) is 0.729. The molecule has 0 aliphatic rings. The summed E-state index contributed by atoms with van der Waals surface area (Å²) in [6, 6.07) is 5.40. The lowest BCUT2D eigenvalue weighted by Gasteiger charge is -2.26. The molecule has 2 N–H and O–H groups in total. The molecule has 3 heteroatoms. The molecule has 0 spiro atoms. The van der Waals surface area contributed by atoms with Gasteiger partial charge in [-0.1, -0.05) is 26.0 Å². The first kappa shape index (κ1) is 15.1. The van der Waals surface area contributed by atoms with Crippen LogP contribution >= 0.6 is 0 Å². The average Bonchev–Trinajstić information content (AvgIpc) is 2.32. The van der Waals surface area contributed by atoms with Gasteiger partial charge in [0.05, 0.1) is 0 Å². The summed E-state index contributed by atoms with van der Waals surface area (Å²) in [5, 5.41) is 6.59. The predicted octanol–water partition coefficient (Wildman–Crippen LogP) is 2.61. The monoisotopic (exact) mass is 252 g/mol. The van der Waals surface area contributed by atoms with E-state index < -0.39 is 0 Å². The molecule has 0 aliphatic carbocycles. The van der Waals surface area contributed by atoms with Crippen LogP contribution in [-0.4, -0.2) is 26.7 Å². The molecular weight excluding hydrogens is 227 g/mol. The number of halogens is 1. The highest BCUT2D eigenvalue weighted by Crippen LogP contribution is 2.24. The Balaban J connectivity index is 2.54. The van der Waals surface area contributed by atoms with E-state index in [0.29, 0.717) is 0 Å². The lowest BCUT2D eigenvalue weighted by atomic mass is 9.84. The maximum Gasteiger partial charge on any atom is 0.126 e. The van der Waals surface area contributed by atoms with Crippen LogP contribution in [0.15, 0.2) is 18.2 Å². The third kappa shape index (κ3) is 4.39. The minimum Gasteiger partial charge on any atom is -0.320 e. The number of aryl methyl sites for hydroxylation is 1. The topological polar surface area (TPSA) is 24.1 Å². The van der Waals surface area contributed by atoms with Crippen LogP contribution < -0.4 is 10.6 Å². The zero-order chi connectivity index (χ0) is 13.6. The molecule has 0 aliphatic heterocycles. The summed E-state index contributed by atoms with van der Waals surface area (Å²) in [5.41, 5.74) is 1.93. The summed E-state index contributed by atoms with van der Waals surface area (Å²) in [6.45, 7) is 9.13. The zero-order valence-electron chi connectivity index (χ0n) is 11.9. The summed E-state index contributed by atoms with van der Waals surface area (Å²) in [5.74, 6) is -0.128. The Hall–Kier alpha value is -0.930. The second-order valence-corrected chi connectivity index (χ2v) is 5.48. The van der Waals surface area contributed by atoms with Gasteiger partial charge in [-0.15, -0.1) is 0 Å². The molecule has 0 radical (unpaired) electrons. The van der Waals surface area contributed by atoms with E-state index in [9.17, 15) is 4.39 Å². The fourth-order valence-electron chi connectivity index (χ4n) is 1.96. The van der Waals surface area contributed by atoms with Gasteiger partial charge in [-0.3, -0.25) is 0 Å². The van der Waals surface area contributed by atoms with E-state index in [4.69, 9.17) is 0 Å². The first-order valence-electron chi connectivity index (χ1n) is 6.59. The van der Waals surface area contributed by atoms with Crippen LogP contribution in [0.2, 0.25) is 0 Å². The largest absolute Gasteiger partial charge is 0.320 e. The van der Waals surface area contributed by atoms with Gasteiger partial charge < -0.3 is 10.6 Å². The van der Waals surface area contributed by atoms with Crippen molar-refractivity contribution in [2.24, 2.45) is 0 Å². The van der Waals surface area contributed by atoms with Crippen molar-refractivity contribution < 1.29 is 4.39 Å². The van der Waals surface area contributed by atoms with Crippen molar-refractivity contribution in [3.63, 3.8) is 0 Å². The summed E-state index contributed by atoms with van der Waals surface area (Å²) in [4.78, 5) is 0. The molecule has 0 amide bonds. The smallest absolute Gasteiger partial charge is 0.126 e. The van der Waals surface area contributed by atoms with Gasteiger partial charge in [0.25, 0.3) is 0 Å². The van der Waals surface area contributed by atoms with Gasteiger partial charge in [-0.25, -0.2) is 4.39 Å². The molecule has 2 nitrogen and oxygen atoms in total. The van der Waals surface area contributed by atoms with Crippen LogP contribution in [0.5, 0.6) is 0 Å². The molecule has 1 rings (SSSR count). The van der Waals surface area contributed by atoms with Crippen molar-refractivity contribution in [3.8, 4) is 0 Å². The Morgan fingerprint density at radius 3 is 2.56 bits per heavy atom. The molecular formula is C15H25FN2. The lowest BCUT2D eigenvalue weighted by molar-refractivity contribution is 0.463. The fourth-order valence-corrected chi connectivity index (χ4v) is 1.96. The van der Waals surface area contributed by atoms with Crippen molar-refractivity contribution in [3.05, 3.63) is 35.1 Å². The third-order valence-electron chi connectivity index (χ3n) is 3.29. The van der Waals surface area contributed by atoms with Crippen LogP contribution in [0.3, 0.4) is 0 Å². The number of hydrogen-bond donors (Lipinski definition) is 2. The average molecular weight is 252 g/mol. The fraction of sp³-hybridized carbons (Fsp3) is 0.600. The number of rotatable bonds is 7. The van der Waals surface area contributed by atoms with Crippen LogP contribution in [-0.2, 0) is 5.41 Å². The summed E-state index contributed by atoms with van der Waals surface area (Å²) in [7, 11) is 1.96. The van der Waals surface area contributed by atoms with E-state index in [2.05, 4.69) is 24.5 Å². The predicted molar refractivity (Wildman–Crippen MR) is 75.6 cm³/mol. The van der Waals surface area contributed by atoms with Crippen molar-refractivity contribution in [2.75, 3.05) is 26.7 Å². The highest BCUT2D eigenvalue weighted by atomic mass is 19.1. The first-order valence-corrected chi connectivity index (χ1v) is 6.59. The maximum absolute atomic E-state index is 13.3. The minimum atomic E-state index is -0.128. The van der Waals surface area contributed by atoms with Crippen LogP contribution in [0.4, 0.5) is 4.39 Å². The SMILES string of the molecule is CNCCCNCC(C)(C)c1ccc(F)c(C)c1. The highest BCUT2D eigenvalue weighted by molar-refractivity contribution is 5.29. The molecule has 1 aromatic carbocycles. The molecule has 0 atom stereocenters. The van der Waals surface area contributed by atoms with E-state index >= 15 is 0 Å². The van der Waals surface area contributed by atoms with E-state index in [0.717, 1.165) is 31.6 Å². The standard InChI is InChI=1S/C15H25FN2/c1-12-10-13(6-7-14(12)16)15(2,3)11-18-9-5-8-17-4/h6-7,10,17-18H,5,8-9,11H2,1-4H3. The third-order valence-corrected chi connectivity index (χ3v) is 3.29. The Kier molecular flexibility index (Phi) is 5.76. The Morgan fingerprint density at radius 2 is 1.94 bits per heavy atom. The van der Waals surface area contributed by atoms with Crippen LogP contribution in [0.1, 0.15) is 31.4 Å². The summed E-state index contributed by atoms with van der Waals surface area (Å²) in [6.07, 6.45) is 1.12. The molecule has 102 valence electrons. The molecule has 0 bridgehead atoms. The van der Waals surface area contributed by atoms with Crippen molar-refractivity contribution in [1.82, 2.24) is 10.6 Å². The normalized spacial score (nSPS) is 11.8. The molecule has 1 aromatic rings. The summed E-state index contributed by atoms with van der Waals surface area (Å²) < 4.78 is 13.3. The van der Waals surface area contributed by atoms with Gasteiger partial charge >= 0.3 is 0 Å². The zero-order valence-corrected chi connectivity index (χ0v) is 11.9. The molecule has 0 saturated carbocycles. The van der Waals surface area contributed by atoms with E-state index in [1.165, 1.54) is 5.56 Å².